The van der Waals surface area contributed by atoms with Gasteiger partial charge in [-0.15, -0.1) is 0 Å². The van der Waals surface area contributed by atoms with Crippen LogP contribution in [0.5, 0.6) is 11.5 Å². The van der Waals surface area contributed by atoms with Gasteiger partial charge in [0.1, 0.15) is 12.1 Å². The first-order valence-corrected chi connectivity index (χ1v) is 13.4. The minimum Gasteiger partial charge on any atom is -0.493 e. The fraction of sp³-hybridized carbons (Fsp3) is 0.300. The average molecular weight is 582 g/mol. The molecule has 12 heteroatoms. The molecule has 220 valence electrons. The van der Waals surface area contributed by atoms with Gasteiger partial charge in [-0.05, 0) is 42.8 Å². The second-order valence-electron chi connectivity index (χ2n) is 9.60. The highest BCUT2D eigenvalue weighted by Gasteiger charge is 2.34. The number of nitrogens with one attached hydrogen (secondary N) is 2. The molecule has 0 unspecified atom stereocenters. The maximum Gasteiger partial charge on any atom is 0.418 e. The number of anilines is 3. The van der Waals surface area contributed by atoms with Crippen LogP contribution >= 0.6 is 0 Å². The van der Waals surface area contributed by atoms with Crippen molar-refractivity contribution >= 4 is 34.0 Å². The molecule has 0 bridgehead atoms. The molecule has 1 amide bonds. The molecule has 0 radical (unpaired) electrons. The number of morpholine rings is 1. The summed E-state index contributed by atoms with van der Waals surface area (Å²) >= 11 is 0. The van der Waals surface area contributed by atoms with E-state index in [0.29, 0.717) is 29.0 Å². The zero-order valence-electron chi connectivity index (χ0n) is 22.9. The number of alkyl halides is 3. The number of halogens is 3. The third-order valence-electron chi connectivity index (χ3n) is 6.77. The maximum absolute atomic E-state index is 14.0. The van der Waals surface area contributed by atoms with Crippen molar-refractivity contribution < 1.29 is 32.2 Å². The lowest BCUT2D eigenvalue weighted by molar-refractivity contribution is -0.136. The Hall–Kier alpha value is -4.42. The maximum atomic E-state index is 14.0. The van der Waals surface area contributed by atoms with Crippen molar-refractivity contribution in [3.63, 3.8) is 0 Å². The lowest BCUT2D eigenvalue weighted by Gasteiger charge is -2.26. The van der Waals surface area contributed by atoms with E-state index in [4.69, 9.17) is 14.2 Å². The summed E-state index contributed by atoms with van der Waals surface area (Å²) in [6.07, 6.45) is -2.58. The van der Waals surface area contributed by atoms with E-state index in [1.54, 1.807) is 30.3 Å². The zero-order chi connectivity index (χ0) is 29.5. The Bertz CT molecular complexity index is 1530. The van der Waals surface area contributed by atoms with Crippen LogP contribution < -0.4 is 20.1 Å². The van der Waals surface area contributed by atoms with Gasteiger partial charge in [0.2, 0.25) is 0 Å². The van der Waals surface area contributed by atoms with Gasteiger partial charge in [-0.3, -0.25) is 9.69 Å². The molecule has 0 saturated carbocycles. The lowest BCUT2D eigenvalue weighted by atomic mass is 10.1. The Morgan fingerprint density at radius 3 is 2.55 bits per heavy atom. The quantitative estimate of drug-likeness (QED) is 0.229. The Kier molecular flexibility index (Phi) is 9.03. The number of amides is 1. The van der Waals surface area contributed by atoms with Gasteiger partial charge in [0.05, 0.1) is 43.7 Å². The summed E-state index contributed by atoms with van der Waals surface area (Å²) in [7, 11) is 1.51. The molecule has 1 aliphatic heterocycles. The van der Waals surface area contributed by atoms with E-state index in [9.17, 15) is 18.0 Å². The summed E-state index contributed by atoms with van der Waals surface area (Å²) in [4.78, 5) is 23.4. The van der Waals surface area contributed by atoms with Crippen LogP contribution in [0.2, 0.25) is 0 Å². The fourth-order valence-corrected chi connectivity index (χ4v) is 4.62. The van der Waals surface area contributed by atoms with Gasteiger partial charge in [0.15, 0.2) is 11.5 Å². The standard InChI is InChI=1S/C30H30F3N5O4/c1-40-26-17-22-25(18-27(26)42-13-5-10-38-11-14-41-15-12-38)34-19-35-28(22)36-21-8-9-24(23(16-21)30(31,32)33)37-29(39)20-6-3-2-4-7-20/h2-4,6-9,16-19H,5,10-15H2,1H3,(H,37,39)(H,34,35,36). The van der Waals surface area contributed by atoms with E-state index in [-0.39, 0.29) is 22.8 Å². The number of rotatable bonds is 10. The van der Waals surface area contributed by atoms with E-state index in [1.165, 1.54) is 37.7 Å². The van der Waals surface area contributed by atoms with Crippen LogP contribution in [0.4, 0.5) is 30.4 Å². The van der Waals surface area contributed by atoms with Crippen LogP contribution in [-0.2, 0) is 10.9 Å². The number of benzene rings is 3. The first kappa shape index (κ1) is 29.1. The van der Waals surface area contributed by atoms with Gasteiger partial charge >= 0.3 is 6.18 Å². The molecule has 9 nitrogen and oxygen atoms in total. The summed E-state index contributed by atoms with van der Waals surface area (Å²) in [5, 5.41) is 5.85. The first-order valence-electron chi connectivity index (χ1n) is 13.4. The van der Waals surface area contributed by atoms with Gasteiger partial charge in [-0.2, -0.15) is 13.2 Å². The number of nitrogens with zero attached hydrogens (tertiary/aromatic N) is 3. The molecule has 0 atom stereocenters. The second kappa shape index (κ2) is 13.0. The van der Waals surface area contributed by atoms with E-state index >= 15 is 0 Å². The molecule has 1 fully saturated rings. The molecule has 42 heavy (non-hydrogen) atoms. The number of ether oxygens (including phenoxy) is 3. The molecular weight excluding hydrogens is 551 g/mol. The molecule has 2 heterocycles. The minimum absolute atomic E-state index is 0.127. The predicted octanol–water partition coefficient (Wildman–Crippen LogP) is 5.75. The molecular formula is C30H30F3N5O4. The molecule has 0 spiro atoms. The molecule has 3 aromatic carbocycles. The van der Waals surface area contributed by atoms with Crippen LogP contribution in [0.25, 0.3) is 10.9 Å². The van der Waals surface area contributed by atoms with Gasteiger partial charge in [0, 0.05) is 42.3 Å². The number of fused-ring (bicyclic) bond motifs is 1. The van der Waals surface area contributed by atoms with Crippen molar-refractivity contribution in [1.29, 1.82) is 0 Å². The molecule has 2 N–H and O–H groups in total. The van der Waals surface area contributed by atoms with Gasteiger partial charge < -0.3 is 24.8 Å². The average Bonchev–Trinajstić information content (AvgIpc) is 3.00. The van der Waals surface area contributed by atoms with Crippen LogP contribution in [0.3, 0.4) is 0 Å². The normalized spacial score (nSPS) is 14.0. The minimum atomic E-state index is -4.72. The molecule has 1 aromatic heterocycles. The van der Waals surface area contributed by atoms with Crippen LogP contribution in [0.1, 0.15) is 22.3 Å². The third kappa shape index (κ3) is 7.07. The summed E-state index contributed by atoms with van der Waals surface area (Å²) < 4.78 is 58.9. The van der Waals surface area contributed by atoms with E-state index in [1.807, 2.05) is 0 Å². The van der Waals surface area contributed by atoms with Gasteiger partial charge in [-0.1, -0.05) is 18.2 Å². The van der Waals surface area contributed by atoms with E-state index in [2.05, 4.69) is 25.5 Å². The van der Waals surface area contributed by atoms with Crippen LogP contribution in [-0.4, -0.2) is 67.3 Å². The van der Waals surface area contributed by atoms with Crippen molar-refractivity contribution in [3.05, 3.63) is 78.1 Å². The van der Waals surface area contributed by atoms with Gasteiger partial charge in [-0.25, -0.2) is 9.97 Å². The Labute approximate surface area is 240 Å². The Morgan fingerprint density at radius 1 is 1.02 bits per heavy atom. The van der Waals surface area contributed by atoms with Crippen LogP contribution in [0, 0.1) is 0 Å². The van der Waals surface area contributed by atoms with E-state index in [0.717, 1.165) is 45.3 Å². The number of methoxy groups -OCH3 is 1. The number of carbonyl (C=O) groups excluding carboxylic acids is 1. The van der Waals surface area contributed by atoms with Crippen molar-refractivity contribution in [3.8, 4) is 11.5 Å². The Balaban J connectivity index is 1.34. The van der Waals surface area contributed by atoms with Crippen molar-refractivity contribution in [2.45, 2.75) is 12.6 Å². The number of aromatic nitrogens is 2. The zero-order valence-corrected chi connectivity index (χ0v) is 22.9. The van der Waals surface area contributed by atoms with Crippen LogP contribution in [0.15, 0.2) is 67.0 Å². The fourth-order valence-electron chi connectivity index (χ4n) is 4.62. The molecule has 1 aliphatic rings. The SMILES string of the molecule is COc1cc2c(Nc3ccc(NC(=O)c4ccccc4)c(C(F)(F)F)c3)ncnc2cc1OCCCN1CCOCC1. The topological polar surface area (TPSA) is 97.8 Å². The highest BCUT2D eigenvalue weighted by atomic mass is 19.4. The lowest BCUT2D eigenvalue weighted by Crippen LogP contribution is -2.37. The molecule has 1 saturated heterocycles. The third-order valence-corrected chi connectivity index (χ3v) is 6.77. The number of hydrogen-bond acceptors (Lipinski definition) is 8. The first-order chi connectivity index (χ1) is 20.3. The predicted molar refractivity (Wildman–Crippen MR) is 153 cm³/mol. The molecule has 5 rings (SSSR count). The monoisotopic (exact) mass is 581 g/mol. The molecule has 4 aromatic rings. The highest BCUT2D eigenvalue weighted by molar-refractivity contribution is 6.04. The molecule has 0 aliphatic carbocycles. The number of hydrogen-bond donors (Lipinski definition) is 2. The Morgan fingerprint density at radius 2 is 1.81 bits per heavy atom. The van der Waals surface area contributed by atoms with E-state index < -0.39 is 17.6 Å². The second-order valence-corrected chi connectivity index (χ2v) is 9.60. The number of carbonyl (C=O) groups is 1. The highest BCUT2D eigenvalue weighted by Crippen LogP contribution is 2.39. The van der Waals surface area contributed by atoms with Crippen molar-refractivity contribution in [2.75, 3.05) is 57.2 Å². The van der Waals surface area contributed by atoms with Crippen molar-refractivity contribution in [1.82, 2.24) is 14.9 Å². The smallest absolute Gasteiger partial charge is 0.418 e. The van der Waals surface area contributed by atoms with Gasteiger partial charge in [0.25, 0.3) is 5.91 Å². The summed E-state index contributed by atoms with van der Waals surface area (Å²) in [6.45, 7) is 4.65. The largest absolute Gasteiger partial charge is 0.493 e. The summed E-state index contributed by atoms with van der Waals surface area (Å²) in [5.74, 6) is 0.595. The van der Waals surface area contributed by atoms with Crippen molar-refractivity contribution in [2.24, 2.45) is 0 Å². The summed E-state index contributed by atoms with van der Waals surface area (Å²) in [5.41, 5.74) is -0.455. The summed E-state index contributed by atoms with van der Waals surface area (Å²) in [6, 6.07) is 15.0.